The van der Waals surface area contributed by atoms with Gasteiger partial charge in [0.15, 0.2) is 0 Å². The summed E-state index contributed by atoms with van der Waals surface area (Å²) in [7, 11) is 0. The molecule has 0 aliphatic carbocycles. The van der Waals surface area contributed by atoms with E-state index in [0.717, 1.165) is 39.3 Å². The molecule has 2 rings (SSSR count). The van der Waals surface area contributed by atoms with Gasteiger partial charge in [0.25, 0.3) is 0 Å². The van der Waals surface area contributed by atoms with E-state index in [2.05, 4.69) is 15.9 Å². The Hall–Kier alpha value is -0.630. The van der Waals surface area contributed by atoms with Gasteiger partial charge in [0.2, 0.25) is 0 Å². The van der Waals surface area contributed by atoms with Crippen LogP contribution in [0, 0.1) is 11.3 Å². The molecule has 2 atom stereocenters. The highest BCUT2D eigenvalue weighted by molar-refractivity contribution is 4.90. The van der Waals surface area contributed by atoms with Crippen molar-refractivity contribution in [1.82, 2.24) is 9.80 Å². The number of hydrogen-bond donors (Lipinski definition) is 0. The summed E-state index contributed by atoms with van der Waals surface area (Å²) in [6, 6.07) is 2.37. The summed E-state index contributed by atoms with van der Waals surface area (Å²) in [6.45, 7) is 8.18. The van der Waals surface area contributed by atoms with Crippen molar-refractivity contribution >= 4 is 0 Å². The van der Waals surface area contributed by atoms with Crippen LogP contribution in [0.4, 0.5) is 0 Å². The van der Waals surface area contributed by atoms with Crippen LogP contribution < -0.4 is 0 Å². The molecule has 4 nitrogen and oxygen atoms in total. The molecule has 2 saturated heterocycles. The molecule has 0 aromatic carbocycles. The van der Waals surface area contributed by atoms with Gasteiger partial charge >= 0.3 is 0 Å². The molecule has 0 aromatic rings. The van der Waals surface area contributed by atoms with Crippen LogP contribution in [0.25, 0.3) is 0 Å². The molecular weight excluding hydrogens is 202 g/mol. The number of nitriles is 1. The molecule has 0 spiro atoms. The Morgan fingerprint density at radius 1 is 1.38 bits per heavy atom. The van der Waals surface area contributed by atoms with Crippen molar-refractivity contribution in [3.05, 3.63) is 0 Å². The summed E-state index contributed by atoms with van der Waals surface area (Å²) in [4.78, 5) is 4.72. The minimum Gasteiger partial charge on any atom is -0.377 e. The van der Waals surface area contributed by atoms with Crippen molar-refractivity contribution in [2.45, 2.75) is 31.9 Å². The van der Waals surface area contributed by atoms with E-state index in [1.807, 2.05) is 6.92 Å². The van der Waals surface area contributed by atoms with Gasteiger partial charge in [0.05, 0.1) is 18.2 Å². The summed E-state index contributed by atoms with van der Waals surface area (Å²) < 4.78 is 5.64. The molecule has 0 aromatic heterocycles. The van der Waals surface area contributed by atoms with Gasteiger partial charge in [0.1, 0.15) is 0 Å². The predicted molar refractivity (Wildman–Crippen MR) is 62.1 cm³/mol. The maximum absolute atomic E-state index is 8.86. The maximum Gasteiger partial charge on any atom is 0.0950 e. The van der Waals surface area contributed by atoms with E-state index in [4.69, 9.17) is 10.00 Å². The fourth-order valence-electron chi connectivity index (χ4n) is 2.49. The summed E-state index contributed by atoms with van der Waals surface area (Å²) in [5.41, 5.74) is 0. The third-order valence-corrected chi connectivity index (χ3v) is 3.63. The third-order valence-electron chi connectivity index (χ3n) is 3.63. The first-order valence-corrected chi connectivity index (χ1v) is 6.27. The zero-order chi connectivity index (χ0) is 11.4. The van der Waals surface area contributed by atoms with Crippen LogP contribution in [0.1, 0.15) is 19.8 Å². The van der Waals surface area contributed by atoms with Crippen molar-refractivity contribution in [3.63, 3.8) is 0 Å². The first-order valence-electron chi connectivity index (χ1n) is 6.27. The number of rotatable bonds is 3. The molecule has 2 unspecified atom stereocenters. The van der Waals surface area contributed by atoms with Gasteiger partial charge in [-0.05, 0) is 19.8 Å². The molecule has 90 valence electrons. The van der Waals surface area contributed by atoms with Crippen LogP contribution in [-0.2, 0) is 4.74 Å². The van der Waals surface area contributed by atoms with Gasteiger partial charge in [0, 0.05) is 39.3 Å². The fourth-order valence-corrected chi connectivity index (χ4v) is 2.49. The highest BCUT2D eigenvalue weighted by atomic mass is 16.5. The lowest BCUT2D eigenvalue weighted by atomic mass is 10.2. The van der Waals surface area contributed by atoms with E-state index in [-0.39, 0.29) is 6.04 Å². The van der Waals surface area contributed by atoms with Crippen LogP contribution in [0.15, 0.2) is 0 Å². The summed E-state index contributed by atoms with van der Waals surface area (Å²) in [6.07, 6.45) is 2.89. The zero-order valence-corrected chi connectivity index (χ0v) is 10.1. The van der Waals surface area contributed by atoms with Crippen LogP contribution >= 0.6 is 0 Å². The first kappa shape index (κ1) is 11.8. The van der Waals surface area contributed by atoms with Crippen molar-refractivity contribution in [1.29, 1.82) is 5.26 Å². The van der Waals surface area contributed by atoms with Crippen LogP contribution in [0.3, 0.4) is 0 Å². The van der Waals surface area contributed by atoms with Gasteiger partial charge in [-0.2, -0.15) is 5.26 Å². The number of hydrogen-bond acceptors (Lipinski definition) is 4. The minimum atomic E-state index is 0.0601. The van der Waals surface area contributed by atoms with E-state index in [1.54, 1.807) is 0 Å². The van der Waals surface area contributed by atoms with Gasteiger partial charge in [-0.15, -0.1) is 0 Å². The molecule has 2 fully saturated rings. The van der Waals surface area contributed by atoms with E-state index in [1.165, 1.54) is 12.8 Å². The Balaban J connectivity index is 1.70. The smallest absolute Gasteiger partial charge is 0.0950 e. The molecule has 0 amide bonds. The highest BCUT2D eigenvalue weighted by Gasteiger charge is 2.24. The van der Waals surface area contributed by atoms with Gasteiger partial charge in [-0.25, -0.2) is 0 Å². The van der Waals surface area contributed by atoms with E-state index >= 15 is 0 Å². The molecule has 2 heterocycles. The molecule has 0 radical (unpaired) electrons. The van der Waals surface area contributed by atoms with Gasteiger partial charge in [-0.3, -0.25) is 9.80 Å². The molecule has 16 heavy (non-hydrogen) atoms. The second-order valence-electron chi connectivity index (χ2n) is 4.78. The summed E-state index contributed by atoms with van der Waals surface area (Å²) >= 11 is 0. The largest absolute Gasteiger partial charge is 0.377 e. The molecular formula is C12H21N3O. The van der Waals surface area contributed by atoms with Crippen LogP contribution in [0.2, 0.25) is 0 Å². The van der Waals surface area contributed by atoms with Crippen molar-refractivity contribution < 1.29 is 4.74 Å². The summed E-state index contributed by atoms with van der Waals surface area (Å²) in [5, 5.41) is 8.86. The average Bonchev–Trinajstić information content (AvgIpc) is 2.82. The number of piperazine rings is 1. The molecule has 2 aliphatic heterocycles. The molecule has 0 saturated carbocycles. The Morgan fingerprint density at radius 2 is 2.12 bits per heavy atom. The van der Waals surface area contributed by atoms with Crippen molar-refractivity contribution in [3.8, 4) is 6.07 Å². The van der Waals surface area contributed by atoms with E-state index in [0.29, 0.717) is 6.10 Å². The van der Waals surface area contributed by atoms with Gasteiger partial charge < -0.3 is 4.74 Å². The standard InChI is InChI=1S/C12H21N3O/c1-11(9-13)15-6-4-14(5-7-15)10-12-3-2-8-16-12/h11-12H,2-8,10H2,1H3. The Morgan fingerprint density at radius 3 is 2.69 bits per heavy atom. The second kappa shape index (κ2) is 5.62. The van der Waals surface area contributed by atoms with Crippen LogP contribution in [0.5, 0.6) is 0 Å². The van der Waals surface area contributed by atoms with Crippen molar-refractivity contribution in [2.24, 2.45) is 0 Å². The lowest BCUT2D eigenvalue weighted by Gasteiger charge is -2.36. The lowest BCUT2D eigenvalue weighted by Crippen LogP contribution is -2.50. The highest BCUT2D eigenvalue weighted by Crippen LogP contribution is 2.14. The normalized spacial score (nSPS) is 30.1. The quantitative estimate of drug-likeness (QED) is 0.706. The molecule has 0 N–H and O–H groups in total. The van der Waals surface area contributed by atoms with Gasteiger partial charge in [-0.1, -0.05) is 0 Å². The topological polar surface area (TPSA) is 39.5 Å². The number of ether oxygens (including phenoxy) is 1. The minimum absolute atomic E-state index is 0.0601. The second-order valence-corrected chi connectivity index (χ2v) is 4.78. The predicted octanol–water partition coefficient (Wildman–Crippen LogP) is 0.695. The Labute approximate surface area is 97.8 Å². The first-order chi connectivity index (χ1) is 7.79. The maximum atomic E-state index is 8.86. The Bertz CT molecular complexity index is 249. The van der Waals surface area contributed by atoms with E-state index in [9.17, 15) is 0 Å². The molecule has 0 bridgehead atoms. The lowest BCUT2D eigenvalue weighted by molar-refractivity contribution is 0.0470. The van der Waals surface area contributed by atoms with Crippen molar-refractivity contribution in [2.75, 3.05) is 39.3 Å². The fraction of sp³-hybridized carbons (Fsp3) is 0.917. The van der Waals surface area contributed by atoms with Crippen LogP contribution in [-0.4, -0.2) is 61.3 Å². The summed E-state index contributed by atoms with van der Waals surface area (Å²) in [5.74, 6) is 0. The third kappa shape index (κ3) is 2.94. The van der Waals surface area contributed by atoms with E-state index < -0.39 is 0 Å². The Kier molecular flexibility index (Phi) is 4.16. The SMILES string of the molecule is CC(C#N)N1CCN(CC2CCCO2)CC1. The number of nitrogens with zero attached hydrogens (tertiary/aromatic N) is 3. The molecule has 4 heteroatoms. The zero-order valence-electron chi connectivity index (χ0n) is 10.1. The monoisotopic (exact) mass is 223 g/mol. The molecule has 2 aliphatic rings. The average molecular weight is 223 g/mol.